The van der Waals surface area contributed by atoms with Crippen molar-refractivity contribution < 1.29 is 19.0 Å². The summed E-state index contributed by atoms with van der Waals surface area (Å²) in [7, 11) is 1.63. The first-order valence-electron chi connectivity index (χ1n) is 7.08. The van der Waals surface area contributed by atoms with Crippen molar-refractivity contribution in [3.05, 3.63) is 48.5 Å². The molecule has 0 fully saturated rings. The van der Waals surface area contributed by atoms with Gasteiger partial charge in [-0.05, 0) is 37.3 Å². The largest absolute Gasteiger partial charge is 0.508 e. The van der Waals surface area contributed by atoms with Crippen molar-refractivity contribution in [3.8, 4) is 28.6 Å². The maximum absolute atomic E-state index is 9.40. The van der Waals surface area contributed by atoms with Crippen molar-refractivity contribution in [1.82, 2.24) is 0 Å². The van der Waals surface area contributed by atoms with Gasteiger partial charge in [0.15, 0.2) is 0 Å². The molecule has 22 heavy (non-hydrogen) atoms. The molecule has 0 aliphatic carbocycles. The van der Waals surface area contributed by atoms with Crippen molar-refractivity contribution in [1.29, 1.82) is 0 Å². The highest BCUT2D eigenvalue weighted by Gasteiger charge is 2.20. The number of fused-ring (bicyclic) bond motifs is 1. The summed E-state index contributed by atoms with van der Waals surface area (Å²) in [6.07, 6.45) is 0. The first-order valence-corrected chi connectivity index (χ1v) is 7.08. The van der Waals surface area contributed by atoms with Crippen LogP contribution in [0.1, 0.15) is 6.92 Å². The summed E-state index contributed by atoms with van der Waals surface area (Å²) in [6, 6.07) is 14.3. The van der Waals surface area contributed by atoms with Gasteiger partial charge in [0.1, 0.15) is 22.6 Å². The van der Waals surface area contributed by atoms with Crippen LogP contribution < -0.4 is 9.47 Å². The Morgan fingerprint density at radius 1 is 1.05 bits per heavy atom. The van der Waals surface area contributed by atoms with E-state index in [2.05, 4.69) is 0 Å². The highest BCUT2D eigenvalue weighted by Crippen LogP contribution is 2.35. The topological polar surface area (TPSA) is 50.0 Å². The average molecular weight is 297 g/mol. The van der Waals surface area contributed by atoms with Crippen molar-refractivity contribution >= 4 is 11.0 Å². The first-order chi connectivity index (χ1) is 10.7. The van der Waals surface area contributed by atoms with Crippen LogP contribution in [-0.2, 0) is 0 Å². The second-order valence-electron chi connectivity index (χ2n) is 4.82. The van der Waals surface area contributed by atoms with Crippen LogP contribution >= 0.6 is 0 Å². The maximum Gasteiger partial charge on any atom is 0.364 e. The molecule has 112 valence electrons. The first kappa shape index (κ1) is 14.2. The standard InChI is InChI=1S/C18H16O4/c1-3-21-18-11-17(12-4-6-13(19)7-5-12)22-16-9-8-14(20-2)10-15(16)18/h4-11H,3H2,1-2H3/p+1. The molecule has 0 saturated carbocycles. The van der Waals surface area contributed by atoms with E-state index < -0.39 is 0 Å². The van der Waals surface area contributed by atoms with E-state index in [1.54, 1.807) is 31.4 Å². The molecule has 0 amide bonds. The molecular formula is C18H17O4+. The van der Waals surface area contributed by atoms with Crippen LogP contribution in [0.3, 0.4) is 0 Å². The van der Waals surface area contributed by atoms with E-state index >= 15 is 0 Å². The monoisotopic (exact) mass is 297 g/mol. The predicted octanol–water partition coefficient (Wildman–Crippen LogP) is 4.49. The van der Waals surface area contributed by atoms with E-state index in [1.165, 1.54) is 0 Å². The van der Waals surface area contributed by atoms with Gasteiger partial charge >= 0.3 is 11.3 Å². The second kappa shape index (κ2) is 5.93. The molecule has 1 aromatic heterocycles. The van der Waals surface area contributed by atoms with Crippen LogP contribution in [0, 0.1) is 0 Å². The molecule has 0 unspecified atom stereocenters. The Kier molecular flexibility index (Phi) is 3.83. The molecule has 0 radical (unpaired) electrons. The Morgan fingerprint density at radius 3 is 2.50 bits per heavy atom. The summed E-state index contributed by atoms with van der Waals surface area (Å²) >= 11 is 0. The molecule has 1 N–H and O–H groups in total. The Bertz CT molecular complexity index is 794. The molecule has 2 aromatic carbocycles. The number of benzene rings is 2. The van der Waals surface area contributed by atoms with Gasteiger partial charge in [-0.15, -0.1) is 0 Å². The minimum Gasteiger partial charge on any atom is -0.508 e. The molecular weight excluding hydrogens is 280 g/mol. The molecule has 0 aliphatic heterocycles. The Morgan fingerprint density at radius 2 is 1.82 bits per heavy atom. The van der Waals surface area contributed by atoms with Crippen LogP contribution in [0.5, 0.6) is 17.2 Å². The van der Waals surface area contributed by atoms with Gasteiger partial charge in [-0.2, -0.15) is 0 Å². The van der Waals surface area contributed by atoms with E-state index in [-0.39, 0.29) is 5.75 Å². The summed E-state index contributed by atoms with van der Waals surface area (Å²) in [4.78, 5) is 0. The van der Waals surface area contributed by atoms with Gasteiger partial charge in [0.05, 0.1) is 25.3 Å². The predicted molar refractivity (Wildman–Crippen MR) is 85.4 cm³/mol. The molecule has 3 aromatic rings. The van der Waals surface area contributed by atoms with Gasteiger partial charge in [-0.25, -0.2) is 4.42 Å². The SMILES string of the molecule is CCOc1cc(-c2ccc(O)cc2)[o+]c2ccc(OC)cc12. The molecule has 4 nitrogen and oxygen atoms in total. The number of aromatic hydroxyl groups is 1. The van der Waals surface area contributed by atoms with Gasteiger partial charge in [-0.3, -0.25) is 0 Å². The van der Waals surface area contributed by atoms with E-state index in [4.69, 9.17) is 13.9 Å². The van der Waals surface area contributed by atoms with E-state index in [1.807, 2.05) is 31.2 Å². The van der Waals surface area contributed by atoms with Crippen LogP contribution in [0.15, 0.2) is 52.9 Å². The second-order valence-corrected chi connectivity index (χ2v) is 4.82. The van der Waals surface area contributed by atoms with Gasteiger partial charge in [0, 0.05) is 12.1 Å². The third kappa shape index (κ3) is 2.68. The van der Waals surface area contributed by atoms with Crippen LogP contribution in [0.25, 0.3) is 22.3 Å². The van der Waals surface area contributed by atoms with Crippen LogP contribution in [0.2, 0.25) is 0 Å². The zero-order valence-corrected chi connectivity index (χ0v) is 12.5. The summed E-state index contributed by atoms with van der Waals surface area (Å²) in [6.45, 7) is 2.50. The fourth-order valence-corrected chi connectivity index (χ4v) is 2.31. The summed E-state index contributed by atoms with van der Waals surface area (Å²) in [5.41, 5.74) is 1.59. The van der Waals surface area contributed by atoms with Crippen molar-refractivity contribution in [2.75, 3.05) is 13.7 Å². The van der Waals surface area contributed by atoms with E-state index in [0.717, 1.165) is 28.0 Å². The lowest BCUT2D eigenvalue weighted by molar-refractivity contribution is 0.342. The number of rotatable bonds is 4. The Balaban J connectivity index is 2.18. The Labute approximate surface area is 128 Å². The number of hydrogen-bond donors (Lipinski definition) is 1. The lowest BCUT2D eigenvalue weighted by Crippen LogP contribution is -1.94. The molecule has 0 aliphatic rings. The highest BCUT2D eigenvalue weighted by molar-refractivity contribution is 5.87. The quantitative estimate of drug-likeness (QED) is 0.721. The van der Waals surface area contributed by atoms with Gasteiger partial charge < -0.3 is 14.6 Å². The van der Waals surface area contributed by atoms with Crippen LogP contribution in [-0.4, -0.2) is 18.8 Å². The zero-order chi connectivity index (χ0) is 15.5. The van der Waals surface area contributed by atoms with E-state index in [0.29, 0.717) is 12.4 Å². The lowest BCUT2D eigenvalue weighted by Gasteiger charge is -2.05. The summed E-state index contributed by atoms with van der Waals surface area (Å²) < 4.78 is 17.0. The maximum atomic E-state index is 9.40. The normalized spacial score (nSPS) is 10.6. The summed E-state index contributed by atoms with van der Waals surface area (Å²) in [5.74, 6) is 2.40. The minimum atomic E-state index is 0.222. The molecule has 0 saturated heterocycles. The number of methoxy groups -OCH3 is 1. The highest BCUT2D eigenvalue weighted by atomic mass is 16.5. The fraction of sp³-hybridized carbons (Fsp3) is 0.167. The van der Waals surface area contributed by atoms with Crippen molar-refractivity contribution in [3.63, 3.8) is 0 Å². The van der Waals surface area contributed by atoms with E-state index in [9.17, 15) is 5.11 Å². The third-order valence-electron chi connectivity index (χ3n) is 3.39. The summed E-state index contributed by atoms with van der Waals surface area (Å²) in [5, 5.41) is 10.3. The minimum absolute atomic E-state index is 0.222. The molecule has 0 atom stereocenters. The van der Waals surface area contributed by atoms with Crippen molar-refractivity contribution in [2.45, 2.75) is 6.92 Å². The number of hydrogen-bond acceptors (Lipinski definition) is 3. The number of phenolic OH excluding ortho intramolecular Hbond substituents is 1. The van der Waals surface area contributed by atoms with Crippen molar-refractivity contribution in [2.24, 2.45) is 0 Å². The molecule has 1 heterocycles. The lowest BCUT2D eigenvalue weighted by atomic mass is 10.1. The molecule has 0 bridgehead atoms. The van der Waals surface area contributed by atoms with Gasteiger partial charge in [0.2, 0.25) is 0 Å². The third-order valence-corrected chi connectivity index (χ3v) is 3.39. The Hall–Kier alpha value is -2.75. The average Bonchev–Trinajstić information content (AvgIpc) is 2.55. The van der Waals surface area contributed by atoms with Gasteiger partial charge in [0.25, 0.3) is 0 Å². The fourth-order valence-electron chi connectivity index (χ4n) is 2.31. The smallest absolute Gasteiger partial charge is 0.364 e. The number of ether oxygens (including phenoxy) is 2. The molecule has 0 spiro atoms. The number of phenols is 1. The molecule has 4 heteroatoms. The molecule has 3 rings (SSSR count). The zero-order valence-electron chi connectivity index (χ0n) is 12.5. The van der Waals surface area contributed by atoms with Gasteiger partial charge in [-0.1, -0.05) is 0 Å². The van der Waals surface area contributed by atoms with Crippen LogP contribution in [0.4, 0.5) is 0 Å².